The molecule has 4 heteroatoms. The molecule has 104 valence electrons. The standard InChI is InChI=1S/C15H23N3O/c1-2-10-5-3-4-6-12(10)19-14-9-13(16)17-15(18-14)11-7-8-11/h9-12H,2-8H2,1H3,(H2,16,17,18). The van der Waals surface area contributed by atoms with Gasteiger partial charge in [-0.2, -0.15) is 4.98 Å². The first-order valence-electron chi connectivity index (χ1n) is 7.57. The molecular formula is C15H23N3O. The first-order chi connectivity index (χ1) is 9.26. The Hall–Kier alpha value is -1.32. The van der Waals surface area contributed by atoms with Crippen LogP contribution in [0.3, 0.4) is 0 Å². The van der Waals surface area contributed by atoms with E-state index in [0.717, 1.165) is 12.2 Å². The topological polar surface area (TPSA) is 61.0 Å². The van der Waals surface area contributed by atoms with Crippen molar-refractivity contribution in [1.82, 2.24) is 9.97 Å². The van der Waals surface area contributed by atoms with Crippen LogP contribution in [0.5, 0.6) is 5.88 Å². The lowest BCUT2D eigenvalue weighted by Gasteiger charge is -2.30. The Bertz CT molecular complexity index is 445. The van der Waals surface area contributed by atoms with Gasteiger partial charge in [0.2, 0.25) is 5.88 Å². The first-order valence-corrected chi connectivity index (χ1v) is 7.57. The molecule has 2 aliphatic carbocycles. The fourth-order valence-electron chi connectivity index (χ4n) is 3.00. The monoisotopic (exact) mass is 261 g/mol. The van der Waals surface area contributed by atoms with E-state index < -0.39 is 0 Å². The molecule has 0 spiro atoms. The number of hydrogen-bond donors (Lipinski definition) is 1. The molecule has 0 aliphatic heterocycles. The molecule has 1 aromatic heterocycles. The van der Waals surface area contributed by atoms with E-state index in [1.807, 2.05) is 0 Å². The van der Waals surface area contributed by atoms with Crippen molar-refractivity contribution < 1.29 is 4.74 Å². The van der Waals surface area contributed by atoms with E-state index in [1.165, 1.54) is 38.5 Å². The molecule has 0 saturated heterocycles. The van der Waals surface area contributed by atoms with Crippen molar-refractivity contribution in [3.8, 4) is 5.88 Å². The molecule has 19 heavy (non-hydrogen) atoms. The second-order valence-electron chi connectivity index (χ2n) is 5.87. The number of aromatic nitrogens is 2. The van der Waals surface area contributed by atoms with Crippen LogP contribution in [0.25, 0.3) is 0 Å². The number of nitrogens with two attached hydrogens (primary N) is 1. The molecular weight excluding hydrogens is 238 g/mol. The fraction of sp³-hybridized carbons (Fsp3) is 0.733. The molecule has 0 aromatic carbocycles. The van der Waals surface area contributed by atoms with Gasteiger partial charge in [0, 0.05) is 12.0 Å². The smallest absolute Gasteiger partial charge is 0.219 e. The molecule has 0 bridgehead atoms. The summed E-state index contributed by atoms with van der Waals surface area (Å²) in [6.07, 6.45) is 8.86. The molecule has 2 unspecified atom stereocenters. The van der Waals surface area contributed by atoms with Gasteiger partial charge in [0.15, 0.2) is 0 Å². The molecule has 0 amide bonds. The van der Waals surface area contributed by atoms with Crippen LogP contribution >= 0.6 is 0 Å². The minimum atomic E-state index is 0.306. The van der Waals surface area contributed by atoms with Crippen molar-refractivity contribution in [3.63, 3.8) is 0 Å². The third-order valence-corrected chi connectivity index (χ3v) is 4.32. The summed E-state index contributed by atoms with van der Waals surface area (Å²) in [5.74, 6) is 3.27. The Kier molecular flexibility index (Phi) is 3.58. The summed E-state index contributed by atoms with van der Waals surface area (Å²) < 4.78 is 6.13. The van der Waals surface area contributed by atoms with Crippen LogP contribution in [-0.2, 0) is 0 Å². The van der Waals surface area contributed by atoms with E-state index in [2.05, 4.69) is 16.9 Å². The Balaban J connectivity index is 1.74. The summed E-state index contributed by atoms with van der Waals surface area (Å²) in [6, 6.07) is 1.77. The highest BCUT2D eigenvalue weighted by molar-refractivity contribution is 5.34. The van der Waals surface area contributed by atoms with Gasteiger partial charge in [0.05, 0.1) is 0 Å². The molecule has 2 saturated carbocycles. The Morgan fingerprint density at radius 1 is 1.21 bits per heavy atom. The van der Waals surface area contributed by atoms with Gasteiger partial charge in [-0.3, -0.25) is 0 Å². The van der Waals surface area contributed by atoms with E-state index in [1.54, 1.807) is 6.07 Å². The van der Waals surface area contributed by atoms with Crippen LogP contribution < -0.4 is 10.5 Å². The molecule has 3 rings (SSSR count). The summed E-state index contributed by atoms with van der Waals surface area (Å²) >= 11 is 0. The summed E-state index contributed by atoms with van der Waals surface area (Å²) in [6.45, 7) is 2.25. The maximum Gasteiger partial charge on any atom is 0.219 e. The van der Waals surface area contributed by atoms with Gasteiger partial charge in [-0.1, -0.05) is 13.3 Å². The van der Waals surface area contributed by atoms with Gasteiger partial charge in [-0.15, -0.1) is 0 Å². The van der Waals surface area contributed by atoms with Gasteiger partial charge >= 0.3 is 0 Å². The number of nitrogen functional groups attached to an aromatic ring is 1. The van der Waals surface area contributed by atoms with Crippen LogP contribution in [0.4, 0.5) is 5.82 Å². The highest BCUT2D eigenvalue weighted by atomic mass is 16.5. The lowest BCUT2D eigenvalue weighted by molar-refractivity contribution is 0.0855. The van der Waals surface area contributed by atoms with Gasteiger partial charge < -0.3 is 10.5 Å². The first kappa shape index (κ1) is 12.7. The Labute approximate surface area is 114 Å². The SMILES string of the molecule is CCC1CCCCC1Oc1cc(N)nc(C2CC2)n1. The molecule has 1 aromatic rings. The zero-order valence-electron chi connectivity index (χ0n) is 11.6. The van der Waals surface area contributed by atoms with Crippen LogP contribution in [0.1, 0.15) is 63.6 Å². The minimum Gasteiger partial charge on any atom is -0.474 e. The van der Waals surface area contributed by atoms with Gasteiger partial charge in [0.25, 0.3) is 0 Å². The summed E-state index contributed by atoms with van der Waals surface area (Å²) in [4.78, 5) is 8.86. The maximum atomic E-state index is 6.13. The van der Waals surface area contributed by atoms with Gasteiger partial charge in [0.1, 0.15) is 17.7 Å². The highest BCUT2D eigenvalue weighted by Crippen LogP contribution is 2.39. The largest absolute Gasteiger partial charge is 0.474 e. The van der Waals surface area contributed by atoms with Crippen molar-refractivity contribution in [2.24, 2.45) is 5.92 Å². The molecule has 1 heterocycles. The van der Waals surface area contributed by atoms with Crippen molar-refractivity contribution >= 4 is 5.82 Å². The zero-order valence-corrected chi connectivity index (χ0v) is 11.6. The van der Waals surface area contributed by atoms with Crippen molar-refractivity contribution in [2.75, 3.05) is 5.73 Å². The van der Waals surface area contributed by atoms with Crippen LogP contribution in [0.15, 0.2) is 6.07 Å². The summed E-state index contributed by atoms with van der Waals surface area (Å²) in [5, 5.41) is 0. The van der Waals surface area contributed by atoms with Crippen LogP contribution in [0.2, 0.25) is 0 Å². The number of rotatable bonds is 4. The van der Waals surface area contributed by atoms with Crippen molar-refractivity contribution in [2.45, 2.75) is 63.9 Å². The normalized spacial score (nSPS) is 27.2. The van der Waals surface area contributed by atoms with E-state index in [0.29, 0.717) is 29.6 Å². The predicted octanol–water partition coefficient (Wildman–Crippen LogP) is 3.28. The van der Waals surface area contributed by atoms with Crippen molar-refractivity contribution in [1.29, 1.82) is 0 Å². The lowest BCUT2D eigenvalue weighted by Crippen LogP contribution is -2.30. The molecule has 0 radical (unpaired) electrons. The zero-order chi connectivity index (χ0) is 13.2. The van der Waals surface area contributed by atoms with E-state index in [4.69, 9.17) is 10.5 Å². The maximum absolute atomic E-state index is 6.13. The fourth-order valence-corrected chi connectivity index (χ4v) is 3.00. The molecule has 2 N–H and O–H groups in total. The molecule has 2 fully saturated rings. The quantitative estimate of drug-likeness (QED) is 0.903. The number of anilines is 1. The average Bonchev–Trinajstić information content (AvgIpc) is 3.23. The summed E-state index contributed by atoms with van der Waals surface area (Å²) in [5.41, 5.74) is 5.87. The van der Waals surface area contributed by atoms with Gasteiger partial charge in [-0.25, -0.2) is 4.98 Å². The molecule has 2 aliphatic rings. The second kappa shape index (κ2) is 5.35. The predicted molar refractivity (Wildman–Crippen MR) is 75.1 cm³/mol. The number of hydrogen-bond acceptors (Lipinski definition) is 4. The third kappa shape index (κ3) is 2.99. The van der Waals surface area contributed by atoms with E-state index in [-0.39, 0.29) is 0 Å². The van der Waals surface area contributed by atoms with Crippen LogP contribution in [-0.4, -0.2) is 16.1 Å². The Morgan fingerprint density at radius 3 is 2.74 bits per heavy atom. The number of ether oxygens (including phenoxy) is 1. The molecule has 4 nitrogen and oxygen atoms in total. The average molecular weight is 261 g/mol. The van der Waals surface area contributed by atoms with E-state index >= 15 is 0 Å². The minimum absolute atomic E-state index is 0.306. The van der Waals surface area contributed by atoms with Crippen molar-refractivity contribution in [3.05, 3.63) is 11.9 Å². The number of nitrogens with zero attached hydrogens (tertiary/aromatic N) is 2. The second-order valence-corrected chi connectivity index (χ2v) is 5.87. The highest BCUT2D eigenvalue weighted by Gasteiger charge is 2.29. The third-order valence-electron chi connectivity index (χ3n) is 4.32. The summed E-state index contributed by atoms with van der Waals surface area (Å²) in [7, 11) is 0. The molecule has 2 atom stereocenters. The Morgan fingerprint density at radius 2 is 2.00 bits per heavy atom. The van der Waals surface area contributed by atoms with E-state index in [9.17, 15) is 0 Å². The van der Waals surface area contributed by atoms with Crippen LogP contribution in [0, 0.1) is 5.92 Å². The van der Waals surface area contributed by atoms with Gasteiger partial charge in [-0.05, 0) is 44.4 Å². The lowest BCUT2D eigenvalue weighted by atomic mass is 9.85.